The lowest BCUT2D eigenvalue weighted by atomic mass is 10.0. The summed E-state index contributed by atoms with van der Waals surface area (Å²) in [6, 6.07) is 14.3. The third-order valence-electron chi connectivity index (χ3n) is 3.76. The first-order valence-corrected chi connectivity index (χ1v) is 9.33. The molecule has 2 aromatic carbocycles. The molecule has 0 bridgehead atoms. The molecular weight excluding hydrogens is 312 g/mol. The van der Waals surface area contributed by atoms with Gasteiger partial charge in [0.1, 0.15) is 0 Å². The maximum absolute atomic E-state index is 11.9. The summed E-state index contributed by atoms with van der Waals surface area (Å²) in [6.07, 6.45) is -0.116. The van der Waals surface area contributed by atoms with E-state index in [2.05, 4.69) is 24.3 Å². The number of primary amides is 1. The van der Waals surface area contributed by atoms with E-state index in [4.69, 9.17) is 5.73 Å². The minimum Gasteiger partial charge on any atom is -0.370 e. The van der Waals surface area contributed by atoms with E-state index in [9.17, 15) is 13.2 Å². The topological polar surface area (TPSA) is 80.5 Å². The summed E-state index contributed by atoms with van der Waals surface area (Å²) in [5, 5.41) is 2.35. The Kier molecular flexibility index (Phi) is 5.74. The molecule has 5 nitrogen and oxygen atoms in total. The molecular formula is C17H22N2O3S. The van der Waals surface area contributed by atoms with Crippen molar-refractivity contribution in [3.05, 3.63) is 48.0 Å². The number of sulfone groups is 1. The second-order valence-corrected chi connectivity index (χ2v) is 8.05. The third kappa shape index (κ3) is 5.33. The molecule has 0 saturated carbocycles. The highest BCUT2D eigenvalue weighted by molar-refractivity contribution is 7.91. The van der Waals surface area contributed by atoms with E-state index < -0.39 is 15.7 Å². The molecule has 2 rings (SSSR count). The average Bonchev–Trinajstić information content (AvgIpc) is 2.52. The van der Waals surface area contributed by atoms with Crippen LogP contribution in [0.5, 0.6) is 0 Å². The largest absolute Gasteiger partial charge is 0.370 e. The lowest BCUT2D eigenvalue weighted by molar-refractivity contribution is -0.117. The number of carbonyl (C=O) groups is 1. The Morgan fingerprint density at radius 2 is 1.78 bits per heavy atom. The summed E-state index contributed by atoms with van der Waals surface area (Å²) < 4.78 is 23.7. The van der Waals surface area contributed by atoms with Crippen LogP contribution in [0.4, 0.5) is 0 Å². The summed E-state index contributed by atoms with van der Waals surface area (Å²) in [6.45, 7) is 1.09. The first-order chi connectivity index (χ1) is 10.9. The molecule has 0 aromatic heterocycles. The van der Waals surface area contributed by atoms with Gasteiger partial charge in [-0.05, 0) is 23.4 Å². The smallest absolute Gasteiger partial charge is 0.218 e. The highest BCUT2D eigenvalue weighted by Gasteiger charge is 2.14. The second kappa shape index (κ2) is 7.57. The van der Waals surface area contributed by atoms with Gasteiger partial charge in [-0.3, -0.25) is 4.79 Å². The first-order valence-electron chi connectivity index (χ1n) is 7.51. The fourth-order valence-corrected chi connectivity index (χ4v) is 3.76. The van der Waals surface area contributed by atoms with Gasteiger partial charge in [0.15, 0.2) is 9.84 Å². The lowest BCUT2D eigenvalue weighted by Crippen LogP contribution is -2.27. The van der Waals surface area contributed by atoms with Crippen molar-refractivity contribution >= 4 is 26.5 Å². The van der Waals surface area contributed by atoms with Gasteiger partial charge >= 0.3 is 0 Å². The molecule has 23 heavy (non-hydrogen) atoms. The molecule has 1 amide bonds. The van der Waals surface area contributed by atoms with Gasteiger partial charge in [0.25, 0.3) is 0 Å². The van der Waals surface area contributed by atoms with Gasteiger partial charge < -0.3 is 10.6 Å². The SMILES string of the molecule is CN(CCS(=O)(=O)CCC(N)=O)Cc1cccc2ccccc12. The van der Waals surface area contributed by atoms with Crippen molar-refractivity contribution in [2.75, 3.05) is 25.1 Å². The van der Waals surface area contributed by atoms with E-state index in [1.807, 2.05) is 30.1 Å². The predicted molar refractivity (Wildman–Crippen MR) is 92.7 cm³/mol. The molecule has 0 fully saturated rings. The molecule has 2 aromatic rings. The van der Waals surface area contributed by atoms with Gasteiger partial charge in [0.05, 0.1) is 11.5 Å². The minimum atomic E-state index is -3.25. The Balaban J connectivity index is 1.96. The molecule has 0 radical (unpaired) electrons. The summed E-state index contributed by atoms with van der Waals surface area (Å²) >= 11 is 0. The number of fused-ring (bicyclic) bond motifs is 1. The highest BCUT2D eigenvalue weighted by atomic mass is 32.2. The van der Waals surface area contributed by atoms with Crippen LogP contribution in [-0.4, -0.2) is 44.3 Å². The zero-order valence-corrected chi connectivity index (χ0v) is 14.1. The van der Waals surface area contributed by atoms with Gasteiger partial charge in [0.2, 0.25) is 5.91 Å². The van der Waals surface area contributed by atoms with Crippen molar-refractivity contribution < 1.29 is 13.2 Å². The van der Waals surface area contributed by atoms with Crippen LogP contribution in [0.3, 0.4) is 0 Å². The molecule has 124 valence electrons. The number of carbonyl (C=O) groups excluding carboxylic acids is 1. The van der Waals surface area contributed by atoms with Crippen LogP contribution in [0.2, 0.25) is 0 Å². The van der Waals surface area contributed by atoms with E-state index in [1.165, 1.54) is 16.3 Å². The van der Waals surface area contributed by atoms with Crippen LogP contribution in [0.15, 0.2) is 42.5 Å². The lowest BCUT2D eigenvalue weighted by Gasteiger charge is -2.18. The van der Waals surface area contributed by atoms with Gasteiger partial charge in [-0.1, -0.05) is 42.5 Å². The number of hydrogen-bond acceptors (Lipinski definition) is 4. The van der Waals surface area contributed by atoms with E-state index in [1.54, 1.807) is 0 Å². The van der Waals surface area contributed by atoms with Gasteiger partial charge in [-0.15, -0.1) is 0 Å². The molecule has 0 unspecified atom stereocenters. The van der Waals surface area contributed by atoms with Gasteiger partial charge in [0, 0.05) is 19.5 Å². The van der Waals surface area contributed by atoms with E-state index in [-0.39, 0.29) is 17.9 Å². The molecule has 0 aliphatic heterocycles. The highest BCUT2D eigenvalue weighted by Crippen LogP contribution is 2.19. The van der Waals surface area contributed by atoms with Crippen LogP contribution in [0, 0.1) is 0 Å². The summed E-state index contributed by atoms with van der Waals surface area (Å²) in [4.78, 5) is 12.7. The number of nitrogens with two attached hydrogens (primary N) is 1. The molecule has 0 heterocycles. The van der Waals surface area contributed by atoms with Crippen molar-refractivity contribution in [2.45, 2.75) is 13.0 Å². The molecule has 0 atom stereocenters. The quantitative estimate of drug-likeness (QED) is 0.794. The van der Waals surface area contributed by atoms with Crippen LogP contribution in [0.1, 0.15) is 12.0 Å². The zero-order chi connectivity index (χ0) is 16.9. The fourth-order valence-electron chi connectivity index (χ4n) is 2.45. The predicted octanol–water partition coefficient (Wildman–Crippen LogP) is 1.56. The summed E-state index contributed by atoms with van der Waals surface area (Å²) in [7, 11) is -1.35. The Labute approximate surface area is 137 Å². The standard InChI is InChI=1S/C17H22N2O3S/c1-19(10-12-23(21,22)11-9-17(18)20)13-15-7-4-6-14-5-2-3-8-16(14)15/h2-8H,9-13H2,1H3,(H2,18,20). The van der Waals surface area contributed by atoms with Crippen molar-refractivity contribution in [1.82, 2.24) is 4.90 Å². The summed E-state index contributed by atoms with van der Waals surface area (Å²) in [5.41, 5.74) is 6.16. The van der Waals surface area contributed by atoms with Crippen molar-refractivity contribution in [3.8, 4) is 0 Å². The van der Waals surface area contributed by atoms with Crippen LogP contribution in [-0.2, 0) is 21.2 Å². The third-order valence-corrected chi connectivity index (χ3v) is 5.39. The number of nitrogens with zero attached hydrogens (tertiary/aromatic N) is 1. The maximum atomic E-state index is 11.9. The minimum absolute atomic E-state index is 0.0293. The van der Waals surface area contributed by atoms with E-state index in [0.29, 0.717) is 13.1 Å². The summed E-state index contributed by atoms with van der Waals surface area (Å²) in [5.74, 6) is -0.732. The number of rotatable bonds is 8. The van der Waals surface area contributed by atoms with Crippen molar-refractivity contribution in [1.29, 1.82) is 0 Å². The Hall–Kier alpha value is -1.92. The second-order valence-electron chi connectivity index (χ2n) is 5.74. The van der Waals surface area contributed by atoms with Crippen molar-refractivity contribution in [2.24, 2.45) is 5.73 Å². The van der Waals surface area contributed by atoms with E-state index >= 15 is 0 Å². The maximum Gasteiger partial charge on any atom is 0.218 e. The number of hydrogen-bond donors (Lipinski definition) is 1. The number of amides is 1. The Morgan fingerprint density at radius 1 is 1.09 bits per heavy atom. The Morgan fingerprint density at radius 3 is 2.52 bits per heavy atom. The zero-order valence-electron chi connectivity index (χ0n) is 13.2. The normalized spacial score (nSPS) is 11.9. The molecule has 0 saturated heterocycles. The van der Waals surface area contributed by atoms with Crippen molar-refractivity contribution in [3.63, 3.8) is 0 Å². The van der Waals surface area contributed by atoms with Gasteiger partial charge in [-0.25, -0.2) is 8.42 Å². The number of benzene rings is 2. The Bertz CT molecular complexity index is 782. The van der Waals surface area contributed by atoms with E-state index in [0.717, 1.165) is 0 Å². The van der Waals surface area contributed by atoms with Gasteiger partial charge in [-0.2, -0.15) is 0 Å². The average molecular weight is 334 g/mol. The first kappa shape index (κ1) is 17.4. The molecule has 2 N–H and O–H groups in total. The molecule has 0 aliphatic rings. The molecule has 0 aliphatic carbocycles. The molecule has 6 heteroatoms. The fraction of sp³-hybridized carbons (Fsp3) is 0.353. The van der Waals surface area contributed by atoms with Crippen LogP contribution >= 0.6 is 0 Å². The van der Waals surface area contributed by atoms with Crippen LogP contribution < -0.4 is 5.73 Å². The molecule has 0 spiro atoms. The monoisotopic (exact) mass is 334 g/mol. The van der Waals surface area contributed by atoms with Crippen LogP contribution in [0.25, 0.3) is 10.8 Å².